The molecule has 1 amide bonds. The maximum atomic E-state index is 12.5. The molecule has 1 aliphatic rings. The smallest absolute Gasteiger partial charge is 0.270 e. The van der Waals surface area contributed by atoms with Gasteiger partial charge in [-0.3, -0.25) is 4.79 Å². The molecule has 6 nitrogen and oxygen atoms in total. The Morgan fingerprint density at radius 1 is 1.47 bits per heavy atom. The van der Waals surface area contributed by atoms with Crippen molar-refractivity contribution in [1.29, 1.82) is 0 Å². The first-order valence-corrected chi connectivity index (χ1v) is 6.50. The molecular formula is C13H17N5O. The van der Waals surface area contributed by atoms with Crippen LogP contribution in [0.3, 0.4) is 0 Å². The number of nitrogens with zero attached hydrogens (tertiary/aromatic N) is 5. The summed E-state index contributed by atoms with van der Waals surface area (Å²) in [6.45, 7) is 1.52. The van der Waals surface area contributed by atoms with Crippen molar-refractivity contribution in [2.24, 2.45) is 7.05 Å². The summed E-state index contributed by atoms with van der Waals surface area (Å²) in [4.78, 5) is 18.3. The number of hydrogen-bond donors (Lipinski definition) is 0. The second-order valence-corrected chi connectivity index (χ2v) is 4.93. The molecule has 1 aliphatic heterocycles. The highest BCUT2D eigenvalue weighted by molar-refractivity contribution is 5.92. The van der Waals surface area contributed by atoms with E-state index in [2.05, 4.69) is 10.1 Å². The van der Waals surface area contributed by atoms with Crippen LogP contribution in [0.5, 0.6) is 0 Å². The highest BCUT2D eigenvalue weighted by Gasteiger charge is 2.26. The molecule has 1 fully saturated rings. The van der Waals surface area contributed by atoms with E-state index in [1.54, 1.807) is 6.33 Å². The molecule has 1 atom stereocenters. The van der Waals surface area contributed by atoms with Crippen LogP contribution in [0.2, 0.25) is 0 Å². The number of carbonyl (C=O) groups is 1. The molecular weight excluding hydrogens is 242 g/mol. The normalized spacial score (nSPS) is 19.6. The lowest BCUT2D eigenvalue weighted by Crippen LogP contribution is -2.41. The van der Waals surface area contributed by atoms with E-state index in [1.807, 2.05) is 39.5 Å². The van der Waals surface area contributed by atoms with Gasteiger partial charge in [0, 0.05) is 26.3 Å². The van der Waals surface area contributed by atoms with Crippen molar-refractivity contribution < 1.29 is 4.79 Å². The van der Waals surface area contributed by atoms with Gasteiger partial charge in [-0.2, -0.15) is 5.10 Å². The van der Waals surface area contributed by atoms with Gasteiger partial charge in [0.2, 0.25) is 0 Å². The van der Waals surface area contributed by atoms with Gasteiger partial charge in [-0.05, 0) is 25.0 Å². The summed E-state index contributed by atoms with van der Waals surface area (Å²) in [5.74, 6) is 0.0947. The summed E-state index contributed by atoms with van der Waals surface area (Å²) >= 11 is 0. The molecule has 0 unspecified atom stereocenters. The summed E-state index contributed by atoms with van der Waals surface area (Å²) < 4.78 is 3.71. The Kier molecular flexibility index (Phi) is 3.06. The monoisotopic (exact) mass is 259 g/mol. The molecule has 0 radical (unpaired) electrons. The van der Waals surface area contributed by atoms with Crippen molar-refractivity contribution in [3.63, 3.8) is 0 Å². The van der Waals surface area contributed by atoms with Gasteiger partial charge in [0.1, 0.15) is 18.3 Å². The van der Waals surface area contributed by atoms with Crippen molar-refractivity contribution in [2.75, 3.05) is 13.1 Å². The topological polar surface area (TPSA) is 56.0 Å². The molecule has 19 heavy (non-hydrogen) atoms. The predicted octanol–water partition coefficient (Wildman–Crippen LogP) is 1.09. The number of hydrogen-bond acceptors (Lipinski definition) is 3. The van der Waals surface area contributed by atoms with Gasteiger partial charge in [-0.25, -0.2) is 9.67 Å². The maximum Gasteiger partial charge on any atom is 0.270 e. The molecule has 6 heteroatoms. The number of aryl methyl sites for hydroxylation is 1. The SMILES string of the molecule is Cn1cccc1C(=O)N1CCC[C@H](n2cncn2)C1. The van der Waals surface area contributed by atoms with E-state index in [4.69, 9.17) is 0 Å². The average molecular weight is 259 g/mol. The summed E-state index contributed by atoms with van der Waals surface area (Å²) in [5, 5.41) is 4.18. The van der Waals surface area contributed by atoms with Gasteiger partial charge in [0.05, 0.1) is 6.04 Å². The van der Waals surface area contributed by atoms with Crippen LogP contribution in [0.1, 0.15) is 29.4 Å². The van der Waals surface area contributed by atoms with Crippen molar-refractivity contribution in [2.45, 2.75) is 18.9 Å². The lowest BCUT2D eigenvalue weighted by molar-refractivity contribution is 0.0663. The van der Waals surface area contributed by atoms with Crippen molar-refractivity contribution >= 4 is 5.91 Å². The standard InChI is InChI=1S/C13H17N5O/c1-16-6-3-5-12(16)13(19)17-7-2-4-11(8-17)18-10-14-9-15-18/h3,5-6,9-11H,2,4,7-8H2,1H3/t11-/m0/s1. The van der Waals surface area contributed by atoms with Gasteiger partial charge in [0.25, 0.3) is 5.91 Å². The third-order valence-electron chi connectivity index (χ3n) is 3.66. The van der Waals surface area contributed by atoms with E-state index in [1.165, 1.54) is 6.33 Å². The van der Waals surface area contributed by atoms with Crippen molar-refractivity contribution in [3.8, 4) is 0 Å². The van der Waals surface area contributed by atoms with Crippen molar-refractivity contribution in [1.82, 2.24) is 24.2 Å². The third-order valence-corrected chi connectivity index (χ3v) is 3.66. The van der Waals surface area contributed by atoms with E-state index in [-0.39, 0.29) is 11.9 Å². The highest BCUT2D eigenvalue weighted by Crippen LogP contribution is 2.21. The van der Waals surface area contributed by atoms with Crippen LogP contribution in [0.4, 0.5) is 0 Å². The van der Waals surface area contributed by atoms with Crippen LogP contribution >= 0.6 is 0 Å². The molecule has 0 spiro atoms. The summed E-state index contributed by atoms with van der Waals surface area (Å²) in [5.41, 5.74) is 0.735. The first-order valence-electron chi connectivity index (χ1n) is 6.50. The molecule has 0 aliphatic carbocycles. The molecule has 2 aromatic heterocycles. The van der Waals surface area contributed by atoms with Crippen molar-refractivity contribution in [3.05, 3.63) is 36.7 Å². The van der Waals surface area contributed by atoms with Crippen LogP contribution in [0.15, 0.2) is 31.0 Å². The van der Waals surface area contributed by atoms with Crippen LogP contribution in [-0.2, 0) is 7.05 Å². The number of likely N-dealkylation sites (tertiary alicyclic amines) is 1. The van der Waals surface area contributed by atoms with Gasteiger partial charge in [0.15, 0.2) is 0 Å². The minimum atomic E-state index is 0.0947. The number of aromatic nitrogens is 4. The molecule has 0 aromatic carbocycles. The highest BCUT2D eigenvalue weighted by atomic mass is 16.2. The fraction of sp³-hybridized carbons (Fsp3) is 0.462. The quantitative estimate of drug-likeness (QED) is 0.811. The van der Waals surface area contributed by atoms with E-state index in [0.717, 1.165) is 25.1 Å². The lowest BCUT2D eigenvalue weighted by Gasteiger charge is -2.32. The van der Waals surface area contributed by atoms with Gasteiger partial charge < -0.3 is 9.47 Å². The first kappa shape index (κ1) is 12.0. The third kappa shape index (κ3) is 2.25. The fourth-order valence-electron chi connectivity index (χ4n) is 2.61. The molecule has 3 heterocycles. The van der Waals surface area contributed by atoms with E-state index in [9.17, 15) is 4.79 Å². The maximum absolute atomic E-state index is 12.5. The Bertz CT molecular complexity index is 559. The number of amides is 1. The lowest BCUT2D eigenvalue weighted by atomic mass is 10.1. The van der Waals surface area contributed by atoms with Gasteiger partial charge >= 0.3 is 0 Å². The number of rotatable bonds is 2. The first-order chi connectivity index (χ1) is 9.25. The Morgan fingerprint density at radius 2 is 2.37 bits per heavy atom. The molecule has 0 bridgehead atoms. The molecule has 2 aromatic rings. The average Bonchev–Trinajstić information content (AvgIpc) is 3.09. The van der Waals surface area contributed by atoms with Crippen LogP contribution < -0.4 is 0 Å². The molecule has 0 saturated carbocycles. The van der Waals surface area contributed by atoms with E-state index < -0.39 is 0 Å². The summed E-state index contributed by atoms with van der Waals surface area (Å²) in [6.07, 6.45) is 7.20. The predicted molar refractivity (Wildman–Crippen MR) is 69.6 cm³/mol. The second-order valence-electron chi connectivity index (χ2n) is 4.93. The van der Waals surface area contributed by atoms with E-state index in [0.29, 0.717) is 6.54 Å². The molecule has 1 saturated heterocycles. The zero-order valence-electron chi connectivity index (χ0n) is 10.9. The van der Waals surface area contributed by atoms with Gasteiger partial charge in [-0.1, -0.05) is 0 Å². The summed E-state index contributed by atoms with van der Waals surface area (Å²) in [7, 11) is 1.89. The number of piperidine rings is 1. The molecule has 0 N–H and O–H groups in total. The van der Waals surface area contributed by atoms with Crippen LogP contribution in [-0.4, -0.2) is 43.2 Å². The van der Waals surface area contributed by atoms with Crippen LogP contribution in [0.25, 0.3) is 0 Å². The van der Waals surface area contributed by atoms with Gasteiger partial charge in [-0.15, -0.1) is 0 Å². The Labute approximate surface area is 111 Å². The molecule has 100 valence electrons. The Hall–Kier alpha value is -2.11. The van der Waals surface area contributed by atoms with E-state index >= 15 is 0 Å². The molecule has 3 rings (SSSR count). The Balaban J connectivity index is 1.75. The minimum absolute atomic E-state index is 0.0947. The zero-order chi connectivity index (χ0) is 13.2. The summed E-state index contributed by atoms with van der Waals surface area (Å²) in [6, 6.07) is 3.99. The minimum Gasteiger partial charge on any atom is -0.347 e. The Morgan fingerprint density at radius 3 is 3.05 bits per heavy atom. The van der Waals surface area contributed by atoms with Crippen LogP contribution in [0, 0.1) is 0 Å². The fourth-order valence-corrected chi connectivity index (χ4v) is 2.61. The largest absolute Gasteiger partial charge is 0.347 e. The number of carbonyl (C=O) groups excluding carboxylic acids is 1. The zero-order valence-corrected chi connectivity index (χ0v) is 10.9. The second kappa shape index (κ2) is 4.87.